The molecule has 19 heavy (non-hydrogen) atoms. The Bertz CT molecular complexity index is 614. The molecule has 0 aliphatic rings. The summed E-state index contributed by atoms with van der Waals surface area (Å²) in [5, 5.41) is 11.1. The van der Waals surface area contributed by atoms with Gasteiger partial charge in [0, 0.05) is 11.6 Å². The fourth-order valence-corrected chi connectivity index (χ4v) is 1.76. The van der Waals surface area contributed by atoms with Crippen LogP contribution >= 0.6 is 0 Å². The molecule has 2 N–H and O–H groups in total. The molecule has 1 aromatic heterocycles. The van der Waals surface area contributed by atoms with Gasteiger partial charge in [-0.1, -0.05) is 12.1 Å². The van der Waals surface area contributed by atoms with E-state index in [0.29, 0.717) is 17.9 Å². The Morgan fingerprint density at radius 3 is 2.74 bits per heavy atom. The van der Waals surface area contributed by atoms with Crippen LogP contribution in [-0.2, 0) is 0 Å². The van der Waals surface area contributed by atoms with Crippen LogP contribution in [-0.4, -0.2) is 16.5 Å². The van der Waals surface area contributed by atoms with Gasteiger partial charge in [-0.25, -0.2) is 4.98 Å². The van der Waals surface area contributed by atoms with Gasteiger partial charge in [0.15, 0.2) is 5.69 Å². The van der Waals surface area contributed by atoms with Crippen LogP contribution < -0.4 is 10.5 Å². The van der Waals surface area contributed by atoms with Gasteiger partial charge < -0.3 is 10.5 Å². The summed E-state index contributed by atoms with van der Waals surface area (Å²) >= 11 is 0. The molecule has 0 aliphatic carbocycles. The number of anilines is 1. The summed E-state index contributed by atoms with van der Waals surface area (Å²) < 4.78 is 5.46. The molecule has 98 valence electrons. The highest BCUT2D eigenvalue weighted by Crippen LogP contribution is 2.35. The van der Waals surface area contributed by atoms with Crippen molar-refractivity contribution < 1.29 is 9.66 Å². The van der Waals surface area contributed by atoms with Crippen LogP contribution in [0.25, 0.3) is 11.3 Å². The van der Waals surface area contributed by atoms with Crippen LogP contribution in [0.4, 0.5) is 11.5 Å². The number of nitro groups is 1. The summed E-state index contributed by atoms with van der Waals surface area (Å²) in [6, 6.07) is 9.79. The number of hydrogen-bond acceptors (Lipinski definition) is 5. The number of ether oxygens (including phenoxy) is 1. The fraction of sp³-hybridized carbons (Fsp3) is 0.154. The van der Waals surface area contributed by atoms with Crippen molar-refractivity contribution in [1.29, 1.82) is 0 Å². The number of aromatic nitrogens is 1. The summed E-state index contributed by atoms with van der Waals surface area (Å²) in [5.41, 5.74) is 6.29. The number of nitrogens with two attached hydrogens (primary N) is 1. The quantitative estimate of drug-likeness (QED) is 0.673. The summed E-state index contributed by atoms with van der Waals surface area (Å²) in [5.74, 6) is 0.776. The maximum Gasteiger partial charge on any atom is 0.295 e. The largest absolute Gasteiger partial charge is 0.493 e. The second kappa shape index (κ2) is 5.34. The van der Waals surface area contributed by atoms with E-state index in [2.05, 4.69) is 4.98 Å². The van der Waals surface area contributed by atoms with Crippen molar-refractivity contribution in [1.82, 2.24) is 4.98 Å². The first kappa shape index (κ1) is 12.8. The second-order valence-corrected chi connectivity index (χ2v) is 3.79. The average Bonchev–Trinajstić information content (AvgIpc) is 2.39. The van der Waals surface area contributed by atoms with E-state index in [0.717, 1.165) is 0 Å². The molecular weight excluding hydrogens is 246 g/mol. The number of nitrogen functional groups attached to an aromatic ring is 1. The fourth-order valence-electron chi connectivity index (χ4n) is 1.76. The Hall–Kier alpha value is -2.63. The smallest absolute Gasteiger partial charge is 0.295 e. The van der Waals surface area contributed by atoms with Gasteiger partial charge in [0.25, 0.3) is 5.69 Å². The molecule has 0 amide bonds. The van der Waals surface area contributed by atoms with Crippen LogP contribution in [0.3, 0.4) is 0 Å². The maximum absolute atomic E-state index is 11.1. The van der Waals surface area contributed by atoms with E-state index in [4.69, 9.17) is 10.5 Å². The lowest BCUT2D eigenvalue weighted by molar-refractivity contribution is -0.384. The molecule has 6 nitrogen and oxygen atoms in total. The predicted molar refractivity (Wildman–Crippen MR) is 71.9 cm³/mol. The molecular formula is C13H13N3O3. The van der Waals surface area contributed by atoms with E-state index in [1.54, 1.807) is 24.3 Å². The summed E-state index contributed by atoms with van der Waals surface area (Å²) in [6.07, 6.45) is 0. The van der Waals surface area contributed by atoms with Crippen molar-refractivity contribution in [2.75, 3.05) is 12.3 Å². The first-order chi connectivity index (χ1) is 9.13. The van der Waals surface area contributed by atoms with Gasteiger partial charge in [-0.15, -0.1) is 0 Å². The number of benzene rings is 1. The zero-order valence-corrected chi connectivity index (χ0v) is 10.4. The molecule has 0 atom stereocenters. The minimum atomic E-state index is -0.482. The summed E-state index contributed by atoms with van der Waals surface area (Å²) in [6.45, 7) is 2.31. The highest BCUT2D eigenvalue weighted by atomic mass is 16.6. The topological polar surface area (TPSA) is 91.3 Å². The molecule has 0 spiro atoms. The molecule has 2 aromatic rings. The van der Waals surface area contributed by atoms with E-state index in [1.165, 1.54) is 12.1 Å². The third-order valence-electron chi connectivity index (χ3n) is 2.53. The molecule has 1 aromatic carbocycles. The first-order valence-corrected chi connectivity index (χ1v) is 5.76. The van der Waals surface area contributed by atoms with Crippen molar-refractivity contribution in [3.63, 3.8) is 0 Å². The first-order valence-electron chi connectivity index (χ1n) is 5.76. The van der Waals surface area contributed by atoms with Crippen molar-refractivity contribution in [2.24, 2.45) is 0 Å². The highest BCUT2D eigenvalue weighted by Gasteiger charge is 2.20. The standard InChI is InChI=1S/C13H13N3O3/c1-2-19-11-6-4-3-5-9(11)13-10(16(17)18)7-8-12(14)15-13/h3-8H,2H2,1H3,(H2,14,15). The summed E-state index contributed by atoms with van der Waals surface area (Å²) in [4.78, 5) is 14.6. The normalized spacial score (nSPS) is 10.2. The maximum atomic E-state index is 11.1. The molecule has 0 bridgehead atoms. The zero-order chi connectivity index (χ0) is 13.8. The molecule has 6 heteroatoms. The highest BCUT2D eigenvalue weighted by molar-refractivity contribution is 5.75. The number of rotatable bonds is 4. The molecule has 0 aliphatic heterocycles. The molecule has 0 radical (unpaired) electrons. The van der Waals surface area contributed by atoms with Crippen LogP contribution in [0.1, 0.15) is 6.92 Å². The lowest BCUT2D eigenvalue weighted by Gasteiger charge is -2.10. The van der Waals surface area contributed by atoms with E-state index in [-0.39, 0.29) is 17.2 Å². The van der Waals surface area contributed by atoms with E-state index >= 15 is 0 Å². The minimum absolute atomic E-state index is 0.0960. The van der Waals surface area contributed by atoms with Gasteiger partial charge in [0.05, 0.1) is 11.5 Å². The Morgan fingerprint density at radius 2 is 2.05 bits per heavy atom. The Kier molecular flexibility index (Phi) is 3.61. The van der Waals surface area contributed by atoms with E-state index < -0.39 is 4.92 Å². The third kappa shape index (κ3) is 2.62. The second-order valence-electron chi connectivity index (χ2n) is 3.79. The summed E-state index contributed by atoms with van der Waals surface area (Å²) in [7, 11) is 0. The monoisotopic (exact) mass is 259 g/mol. The number of nitrogens with zero attached hydrogens (tertiary/aromatic N) is 2. The average molecular weight is 259 g/mol. The van der Waals surface area contributed by atoms with E-state index in [1.807, 2.05) is 6.92 Å². The van der Waals surface area contributed by atoms with Gasteiger partial charge in [-0.3, -0.25) is 10.1 Å². The van der Waals surface area contributed by atoms with Crippen molar-refractivity contribution in [3.8, 4) is 17.0 Å². The zero-order valence-electron chi connectivity index (χ0n) is 10.4. The Balaban J connectivity index is 2.64. The minimum Gasteiger partial charge on any atom is -0.493 e. The molecule has 0 fully saturated rings. The van der Waals surface area contributed by atoms with E-state index in [9.17, 15) is 10.1 Å². The number of hydrogen-bond donors (Lipinski definition) is 1. The SMILES string of the molecule is CCOc1ccccc1-c1nc(N)ccc1[N+](=O)[O-]. The van der Waals surface area contributed by atoms with Crippen molar-refractivity contribution >= 4 is 11.5 Å². The van der Waals surface area contributed by atoms with Gasteiger partial charge >= 0.3 is 0 Å². The van der Waals surface area contributed by atoms with Crippen molar-refractivity contribution in [2.45, 2.75) is 6.92 Å². The molecule has 2 rings (SSSR count). The molecule has 0 saturated heterocycles. The number of para-hydroxylation sites is 1. The molecule has 0 unspecified atom stereocenters. The third-order valence-corrected chi connectivity index (χ3v) is 2.53. The molecule has 1 heterocycles. The van der Waals surface area contributed by atoms with Gasteiger partial charge in [0.2, 0.25) is 0 Å². The molecule has 0 saturated carbocycles. The predicted octanol–water partition coefficient (Wildman–Crippen LogP) is 2.64. The Labute approximate surface area is 110 Å². The van der Waals surface area contributed by atoms with Gasteiger partial charge in [-0.2, -0.15) is 0 Å². The van der Waals surface area contributed by atoms with Crippen LogP contribution in [0.15, 0.2) is 36.4 Å². The van der Waals surface area contributed by atoms with Crippen molar-refractivity contribution in [3.05, 3.63) is 46.5 Å². The van der Waals surface area contributed by atoms with Gasteiger partial charge in [0.1, 0.15) is 11.6 Å². The lowest BCUT2D eigenvalue weighted by Crippen LogP contribution is -2.00. The van der Waals surface area contributed by atoms with Crippen LogP contribution in [0, 0.1) is 10.1 Å². The van der Waals surface area contributed by atoms with Crippen LogP contribution in [0.2, 0.25) is 0 Å². The van der Waals surface area contributed by atoms with Crippen LogP contribution in [0.5, 0.6) is 5.75 Å². The Morgan fingerprint density at radius 1 is 1.32 bits per heavy atom. The lowest BCUT2D eigenvalue weighted by atomic mass is 10.1. The van der Waals surface area contributed by atoms with Gasteiger partial charge in [-0.05, 0) is 25.1 Å². The number of pyridine rings is 1.